The zero-order valence-electron chi connectivity index (χ0n) is 12.1. The molecule has 0 fully saturated rings. The molecule has 0 aliphatic carbocycles. The van der Waals surface area contributed by atoms with Crippen LogP contribution in [0.4, 0.5) is 4.39 Å². The van der Waals surface area contributed by atoms with E-state index >= 15 is 0 Å². The normalized spacial score (nSPS) is 12.2. The van der Waals surface area contributed by atoms with E-state index in [2.05, 4.69) is 28.9 Å². The highest BCUT2D eigenvalue weighted by atomic mass is 35.5. The number of nitrogens with zero attached hydrogens (tertiary/aromatic N) is 3. The molecule has 0 saturated heterocycles. The smallest absolute Gasteiger partial charge is 0.240 e. The first-order valence-corrected chi connectivity index (χ1v) is 6.65. The van der Waals surface area contributed by atoms with Crippen molar-refractivity contribution in [3.63, 3.8) is 0 Å². The summed E-state index contributed by atoms with van der Waals surface area (Å²) in [5, 5.41) is 3.90. The maximum atomic E-state index is 13.0. The highest BCUT2D eigenvalue weighted by molar-refractivity contribution is 5.85. The van der Waals surface area contributed by atoms with Crippen LogP contribution in [0.1, 0.15) is 37.2 Å². The first-order valence-electron chi connectivity index (χ1n) is 6.65. The molecular weight excluding hydrogens is 295 g/mol. The zero-order valence-corrected chi connectivity index (χ0v) is 12.9. The van der Waals surface area contributed by atoms with Gasteiger partial charge < -0.3 is 10.3 Å². The van der Waals surface area contributed by atoms with Crippen LogP contribution in [0.15, 0.2) is 28.8 Å². The van der Waals surface area contributed by atoms with E-state index in [9.17, 15) is 4.39 Å². The predicted octanol–water partition coefficient (Wildman–Crippen LogP) is 2.67. The Hall–Kier alpha value is -1.50. The van der Waals surface area contributed by atoms with Gasteiger partial charge in [-0.25, -0.2) is 4.39 Å². The second-order valence-corrected chi connectivity index (χ2v) is 4.60. The fourth-order valence-electron chi connectivity index (χ4n) is 2.09. The Morgan fingerprint density at radius 2 is 2.00 bits per heavy atom. The number of rotatable bonds is 6. The molecule has 1 atom stereocenters. The maximum absolute atomic E-state index is 13.0. The standard InChI is InChI=1S/C14H19FN4O.ClH/c1-3-19(9-13-17-14(8-16)20-18-13)10(2)11-4-6-12(15)7-5-11;/h4-7,10H,3,8-9,16H2,1-2H3;1H. The molecule has 2 aromatic rings. The average molecular weight is 315 g/mol. The summed E-state index contributed by atoms with van der Waals surface area (Å²) < 4.78 is 18.0. The number of benzene rings is 1. The van der Waals surface area contributed by atoms with Gasteiger partial charge in [-0.05, 0) is 31.2 Å². The first-order chi connectivity index (χ1) is 9.63. The van der Waals surface area contributed by atoms with E-state index in [1.165, 1.54) is 12.1 Å². The van der Waals surface area contributed by atoms with Gasteiger partial charge in [-0.1, -0.05) is 24.2 Å². The molecule has 7 heteroatoms. The summed E-state index contributed by atoms with van der Waals surface area (Å²) in [6, 6.07) is 6.68. The molecule has 0 radical (unpaired) electrons. The summed E-state index contributed by atoms with van der Waals surface area (Å²) in [6.07, 6.45) is 0. The third-order valence-electron chi connectivity index (χ3n) is 3.34. The van der Waals surface area contributed by atoms with E-state index in [0.29, 0.717) is 18.3 Å². The van der Waals surface area contributed by atoms with E-state index in [4.69, 9.17) is 10.3 Å². The predicted molar refractivity (Wildman–Crippen MR) is 80.3 cm³/mol. The number of nitrogens with two attached hydrogens (primary N) is 1. The van der Waals surface area contributed by atoms with Crippen LogP contribution < -0.4 is 5.73 Å². The quantitative estimate of drug-likeness (QED) is 0.888. The van der Waals surface area contributed by atoms with Gasteiger partial charge in [0.2, 0.25) is 5.89 Å². The van der Waals surface area contributed by atoms with Crippen molar-refractivity contribution in [3.05, 3.63) is 47.4 Å². The number of hydrogen-bond acceptors (Lipinski definition) is 5. The molecule has 2 N–H and O–H groups in total. The Morgan fingerprint density at radius 3 is 2.52 bits per heavy atom. The van der Waals surface area contributed by atoms with Crippen LogP contribution in [0.3, 0.4) is 0 Å². The van der Waals surface area contributed by atoms with Gasteiger partial charge in [0.15, 0.2) is 5.82 Å². The van der Waals surface area contributed by atoms with Crippen LogP contribution >= 0.6 is 12.4 Å². The highest BCUT2D eigenvalue weighted by Gasteiger charge is 2.17. The molecule has 0 aliphatic heterocycles. The Kier molecular flexibility index (Phi) is 6.74. The Morgan fingerprint density at radius 1 is 1.33 bits per heavy atom. The molecule has 21 heavy (non-hydrogen) atoms. The van der Waals surface area contributed by atoms with Crippen molar-refractivity contribution < 1.29 is 8.91 Å². The number of halogens is 2. The lowest BCUT2D eigenvalue weighted by Gasteiger charge is -2.26. The van der Waals surface area contributed by atoms with Gasteiger partial charge >= 0.3 is 0 Å². The van der Waals surface area contributed by atoms with Gasteiger partial charge in [0, 0.05) is 6.04 Å². The summed E-state index contributed by atoms with van der Waals surface area (Å²) in [5.41, 5.74) is 6.50. The maximum Gasteiger partial charge on any atom is 0.240 e. The molecule has 0 bridgehead atoms. The molecule has 0 aliphatic rings. The van der Waals surface area contributed by atoms with Crippen LogP contribution in [0, 0.1) is 5.82 Å². The van der Waals surface area contributed by atoms with Gasteiger partial charge in [-0.2, -0.15) is 4.98 Å². The van der Waals surface area contributed by atoms with Gasteiger partial charge in [0.25, 0.3) is 0 Å². The number of hydrogen-bond donors (Lipinski definition) is 1. The van der Waals surface area contributed by atoms with E-state index in [-0.39, 0.29) is 30.8 Å². The third kappa shape index (κ3) is 4.49. The SMILES string of the molecule is CCN(Cc1noc(CN)n1)C(C)c1ccc(F)cc1.Cl. The van der Waals surface area contributed by atoms with E-state index in [0.717, 1.165) is 12.1 Å². The molecule has 1 aromatic heterocycles. The lowest BCUT2D eigenvalue weighted by atomic mass is 10.1. The van der Waals surface area contributed by atoms with Crippen LogP contribution in [-0.2, 0) is 13.1 Å². The van der Waals surface area contributed by atoms with E-state index in [1.54, 1.807) is 12.1 Å². The van der Waals surface area contributed by atoms with Crippen molar-refractivity contribution in [2.24, 2.45) is 5.73 Å². The first kappa shape index (κ1) is 17.6. The summed E-state index contributed by atoms with van der Waals surface area (Å²) in [5.74, 6) is 0.821. The average Bonchev–Trinajstić information content (AvgIpc) is 2.92. The molecule has 0 amide bonds. The van der Waals surface area contributed by atoms with Crippen molar-refractivity contribution in [1.82, 2.24) is 15.0 Å². The Balaban J connectivity index is 0.00000220. The molecule has 0 saturated carbocycles. The molecule has 1 unspecified atom stereocenters. The molecular formula is C14H20ClFN4O. The van der Waals surface area contributed by atoms with E-state index < -0.39 is 0 Å². The van der Waals surface area contributed by atoms with Crippen molar-refractivity contribution in [3.8, 4) is 0 Å². The van der Waals surface area contributed by atoms with Gasteiger partial charge in [0.1, 0.15) is 5.82 Å². The molecule has 116 valence electrons. The summed E-state index contributed by atoms with van der Waals surface area (Å²) >= 11 is 0. The molecule has 1 heterocycles. The number of aromatic nitrogens is 2. The fourth-order valence-corrected chi connectivity index (χ4v) is 2.09. The third-order valence-corrected chi connectivity index (χ3v) is 3.34. The Labute approximate surface area is 129 Å². The minimum atomic E-state index is -0.227. The van der Waals surface area contributed by atoms with Gasteiger partial charge in [0.05, 0.1) is 13.1 Å². The summed E-state index contributed by atoms with van der Waals surface area (Å²) in [4.78, 5) is 6.38. The fraction of sp³-hybridized carbons (Fsp3) is 0.429. The molecule has 1 aromatic carbocycles. The van der Waals surface area contributed by atoms with Gasteiger partial charge in [-0.3, -0.25) is 4.90 Å². The molecule has 2 rings (SSSR count). The van der Waals surface area contributed by atoms with E-state index in [1.807, 2.05) is 0 Å². The van der Waals surface area contributed by atoms with Crippen LogP contribution in [0.2, 0.25) is 0 Å². The second-order valence-electron chi connectivity index (χ2n) is 4.60. The van der Waals surface area contributed by atoms with Crippen LogP contribution in [0.25, 0.3) is 0 Å². The summed E-state index contributed by atoms with van der Waals surface area (Å²) in [6.45, 7) is 5.76. The second kappa shape index (κ2) is 8.07. The highest BCUT2D eigenvalue weighted by Crippen LogP contribution is 2.21. The lowest BCUT2D eigenvalue weighted by molar-refractivity contribution is 0.204. The van der Waals surface area contributed by atoms with Crippen molar-refractivity contribution >= 4 is 12.4 Å². The van der Waals surface area contributed by atoms with Crippen molar-refractivity contribution in [2.75, 3.05) is 6.54 Å². The van der Waals surface area contributed by atoms with Crippen molar-refractivity contribution in [1.29, 1.82) is 0 Å². The van der Waals surface area contributed by atoms with Crippen LogP contribution in [0.5, 0.6) is 0 Å². The monoisotopic (exact) mass is 314 g/mol. The zero-order chi connectivity index (χ0) is 14.5. The minimum Gasteiger partial charge on any atom is -0.338 e. The molecule has 0 spiro atoms. The Bertz CT molecular complexity index is 546. The van der Waals surface area contributed by atoms with Crippen molar-refractivity contribution in [2.45, 2.75) is 33.0 Å². The minimum absolute atomic E-state index is 0. The topological polar surface area (TPSA) is 68.2 Å². The largest absolute Gasteiger partial charge is 0.338 e. The summed E-state index contributed by atoms with van der Waals surface area (Å²) in [7, 11) is 0. The molecule has 5 nitrogen and oxygen atoms in total. The van der Waals surface area contributed by atoms with Crippen LogP contribution in [-0.4, -0.2) is 21.6 Å². The lowest BCUT2D eigenvalue weighted by Crippen LogP contribution is -2.27. The van der Waals surface area contributed by atoms with Gasteiger partial charge in [-0.15, -0.1) is 12.4 Å².